The maximum Gasteiger partial charge on any atom is 0.151 e. The molecule has 0 saturated carbocycles. The van der Waals surface area contributed by atoms with Crippen molar-refractivity contribution in [3.05, 3.63) is 52.1 Å². The summed E-state index contributed by atoms with van der Waals surface area (Å²) < 4.78 is 19.6. The van der Waals surface area contributed by atoms with Crippen LogP contribution in [0.15, 0.2) is 44.3 Å². The number of thioether (sulfide) groups is 1. The second-order valence-corrected chi connectivity index (χ2v) is 5.23. The highest BCUT2D eigenvalue weighted by Crippen LogP contribution is 2.31. The van der Waals surface area contributed by atoms with E-state index in [0.29, 0.717) is 21.7 Å². The van der Waals surface area contributed by atoms with Crippen LogP contribution in [0.4, 0.5) is 4.39 Å². The Morgan fingerprint density at radius 1 is 1.35 bits per heavy atom. The highest BCUT2D eigenvalue weighted by molar-refractivity contribution is 9.10. The molecule has 2 nitrogen and oxygen atoms in total. The molecule has 0 spiro atoms. The molecule has 17 heavy (non-hydrogen) atoms. The van der Waals surface area contributed by atoms with Crippen molar-refractivity contribution >= 4 is 27.7 Å². The van der Waals surface area contributed by atoms with E-state index in [1.807, 2.05) is 18.2 Å². The minimum atomic E-state index is -0.260. The molecule has 0 fully saturated rings. The zero-order chi connectivity index (χ0) is 12.3. The molecule has 2 rings (SSSR count). The molecule has 0 aliphatic rings. The lowest BCUT2D eigenvalue weighted by Crippen LogP contribution is -1.99. The van der Waals surface area contributed by atoms with E-state index in [0.717, 1.165) is 11.3 Å². The quantitative estimate of drug-likeness (QED) is 0.869. The molecule has 5 heteroatoms. The molecule has 0 atom stereocenters. The minimum absolute atomic E-state index is 0.260. The smallest absolute Gasteiger partial charge is 0.151 e. The van der Waals surface area contributed by atoms with Gasteiger partial charge in [0.05, 0.1) is 16.5 Å². The molecule has 90 valence electrons. The minimum Gasteiger partial charge on any atom is -0.468 e. The van der Waals surface area contributed by atoms with E-state index >= 15 is 0 Å². The molecule has 1 aromatic carbocycles. The standard InChI is InChI=1S/C12H11BrFNOS/c13-11-8(6-15)3-4-10(12(11)14)17-7-9-2-1-5-16-9/h1-5H,6-7,15H2. The lowest BCUT2D eigenvalue weighted by atomic mass is 10.2. The Hall–Kier alpha value is -0.780. The van der Waals surface area contributed by atoms with Crippen molar-refractivity contribution in [2.45, 2.75) is 17.2 Å². The van der Waals surface area contributed by atoms with Gasteiger partial charge >= 0.3 is 0 Å². The molecule has 1 heterocycles. The Morgan fingerprint density at radius 3 is 2.82 bits per heavy atom. The SMILES string of the molecule is NCc1ccc(SCc2ccco2)c(F)c1Br. The number of benzene rings is 1. The lowest BCUT2D eigenvalue weighted by Gasteiger charge is -2.07. The van der Waals surface area contributed by atoms with Gasteiger partial charge in [0.15, 0.2) is 5.82 Å². The van der Waals surface area contributed by atoms with E-state index in [1.165, 1.54) is 11.8 Å². The fraction of sp³-hybridized carbons (Fsp3) is 0.167. The van der Waals surface area contributed by atoms with Gasteiger partial charge in [-0.2, -0.15) is 0 Å². The third-order valence-corrected chi connectivity index (χ3v) is 4.21. The normalized spacial score (nSPS) is 10.8. The van der Waals surface area contributed by atoms with E-state index in [2.05, 4.69) is 15.9 Å². The summed E-state index contributed by atoms with van der Waals surface area (Å²) in [6, 6.07) is 7.27. The van der Waals surface area contributed by atoms with Crippen LogP contribution in [0.5, 0.6) is 0 Å². The number of hydrogen-bond acceptors (Lipinski definition) is 3. The summed E-state index contributed by atoms with van der Waals surface area (Å²) in [5, 5.41) is 0. The van der Waals surface area contributed by atoms with Crippen LogP contribution in [0, 0.1) is 5.82 Å². The van der Waals surface area contributed by atoms with Gasteiger partial charge in [-0.15, -0.1) is 11.8 Å². The number of hydrogen-bond donors (Lipinski definition) is 1. The predicted octanol–water partition coefficient (Wildman–Crippen LogP) is 3.93. The van der Waals surface area contributed by atoms with Gasteiger partial charge in [-0.1, -0.05) is 6.07 Å². The van der Waals surface area contributed by atoms with Gasteiger partial charge in [0.1, 0.15) is 5.76 Å². The van der Waals surface area contributed by atoms with Crippen LogP contribution in [0.25, 0.3) is 0 Å². The van der Waals surface area contributed by atoms with Crippen LogP contribution < -0.4 is 5.73 Å². The third-order valence-electron chi connectivity index (χ3n) is 2.30. The van der Waals surface area contributed by atoms with Crippen LogP contribution in [0.1, 0.15) is 11.3 Å². The number of nitrogens with two attached hydrogens (primary N) is 1. The first kappa shape index (κ1) is 12.7. The molecule has 0 aliphatic heterocycles. The molecule has 0 unspecified atom stereocenters. The fourth-order valence-corrected chi connectivity index (χ4v) is 2.88. The summed E-state index contributed by atoms with van der Waals surface area (Å²) in [6.07, 6.45) is 1.61. The monoisotopic (exact) mass is 315 g/mol. The van der Waals surface area contributed by atoms with E-state index < -0.39 is 0 Å². The summed E-state index contributed by atoms with van der Waals surface area (Å²) in [7, 11) is 0. The Morgan fingerprint density at radius 2 is 2.18 bits per heavy atom. The molecule has 2 N–H and O–H groups in total. The number of rotatable bonds is 4. The second-order valence-electron chi connectivity index (χ2n) is 3.42. The third kappa shape index (κ3) is 2.91. The molecule has 0 aliphatic carbocycles. The lowest BCUT2D eigenvalue weighted by molar-refractivity contribution is 0.530. The number of halogens is 2. The van der Waals surface area contributed by atoms with Gasteiger partial charge in [0.25, 0.3) is 0 Å². The Bertz CT molecular complexity index is 501. The first-order valence-electron chi connectivity index (χ1n) is 5.04. The van der Waals surface area contributed by atoms with E-state index in [4.69, 9.17) is 10.2 Å². The van der Waals surface area contributed by atoms with Crippen molar-refractivity contribution in [2.24, 2.45) is 5.73 Å². The zero-order valence-corrected chi connectivity index (χ0v) is 11.4. The van der Waals surface area contributed by atoms with Gasteiger partial charge in [0.2, 0.25) is 0 Å². The summed E-state index contributed by atoms with van der Waals surface area (Å²) in [4.78, 5) is 0.588. The summed E-state index contributed by atoms with van der Waals surface area (Å²) in [5.74, 6) is 1.18. The molecule has 0 radical (unpaired) electrons. The van der Waals surface area contributed by atoms with Gasteiger partial charge in [-0.3, -0.25) is 0 Å². The van der Waals surface area contributed by atoms with Crippen LogP contribution in [-0.4, -0.2) is 0 Å². The molecule has 0 saturated heterocycles. The first-order chi connectivity index (χ1) is 8.22. The maximum atomic E-state index is 13.9. The van der Waals surface area contributed by atoms with Crippen molar-refractivity contribution in [2.75, 3.05) is 0 Å². The van der Waals surface area contributed by atoms with E-state index in [-0.39, 0.29) is 5.82 Å². The summed E-state index contributed by atoms with van der Waals surface area (Å²) >= 11 is 4.62. The van der Waals surface area contributed by atoms with Crippen molar-refractivity contribution in [3.63, 3.8) is 0 Å². The molecular formula is C12H11BrFNOS. The predicted molar refractivity (Wildman–Crippen MR) is 70.3 cm³/mol. The largest absolute Gasteiger partial charge is 0.468 e. The molecule has 2 aromatic rings. The molecule has 0 amide bonds. The van der Waals surface area contributed by atoms with Gasteiger partial charge in [-0.25, -0.2) is 4.39 Å². The second kappa shape index (κ2) is 5.71. The average Bonchev–Trinajstić information content (AvgIpc) is 2.84. The molecule has 0 bridgehead atoms. The van der Waals surface area contributed by atoms with Crippen LogP contribution in [0.2, 0.25) is 0 Å². The fourth-order valence-electron chi connectivity index (χ4n) is 1.38. The van der Waals surface area contributed by atoms with Crippen LogP contribution in [0.3, 0.4) is 0 Å². The van der Waals surface area contributed by atoms with Gasteiger partial charge in [0, 0.05) is 11.4 Å². The average molecular weight is 316 g/mol. The topological polar surface area (TPSA) is 39.2 Å². The van der Waals surface area contributed by atoms with Gasteiger partial charge < -0.3 is 10.2 Å². The molecule has 1 aromatic heterocycles. The van der Waals surface area contributed by atoms with Gasteiger partial charge in [-0.05, 0) is 39.7 Å². The Balaban J connectivity index is 2.14. The summed E-state index contributed by atoms with van der Waals surface area (Å²) in [5.41, 5.74) is 6.27. The number of furan rings is 1. The van der Waals surface area contributed by atoms with Crippen molar-refractivity contribution < 1.29 is 8.81 Å². The highest BCUT2D eigenvalue weighted by Gasteiger charge is 2.11. The molecular weight excluding hydrogens is 305 g/mol. The van der Waals surface area contributed by atoms with E-state index in [1.54, 1.807) is 12.3 Å². The Kier molecular flexibility index (Phi) is 4.25. The maximum absolute atomic E-state index is 13.9. The van der Waals surface area contributed by atoms with E-state index in [9.17, 15) is 4.39 Å². The van der Waals surface area contributed by atoms with Crippen LogP contribution in [-0.2, 0) is 12.3 Å². The zero-order valence-electron chi connectivity index (χ0n) is 8.95. The van der Waals surface area contributed by atoms with Crippen molar-refractivity contribution in [1.82, 2.24) is 0 Å². The van der Waals surface area contributed by atoms with Crippen molar-refractivity contribution in [1.29, 1.82) is 0 Å². The van der Waals surface area contributed by atoms with Crippen molar-refractivity contribution in [3.8, 4) is 0 Å². The highest BCUT2D eigenvalue weighted by atomic mass is 79.9. The first-order valence-corrected chi connectivity index (χ1v) is 6.82. The summed E-state index contributed by atoms with van der Waals surface area (Å²) in [6.45, 7) is 0.320. The Labute approximate surface area is 112 Å². The van der Waals surface area contributed by atoms with Crippen LogP contribution >= 0.6 is 27.7 Å².